The van der Waals surface area contributed by atoms with E-state index in [1.807, 2.05) is 0 Å². The Morgan fingerprint density at radius 1 is 1.15 bits per heavy atom. The first-order chi connectivity index (χ1) is 16.0. The summed E-state index contributed by atoms with van der Waals surface area (Å²) in [7, 11) is 1.60. The number of aromatic nitrogens is 3. The van der Waals surface area contributed by atoms with Crippen LogP contribution in [0.1, 0.15) is 24.0 Å². The number of benzene rings is 2. The van der Waals surface area contributed by atoms with Crippen LogP contribution in [0.4, 0.5) is 18.0 Å². The van der Waals surface area contributed by atoms with Crippen molar-refractivity contribution in [2.75, 3.05) is 0 Å². The van der Waals surface area contributed by atoms with Crippen molar-refractivity contribution in [1.29, 1.82) is 0 Å². The van der Waals surface area contributed by atoms with Crippen molar-refractivity contribution >= 4 is 33.8 Å². The molecule has 0 spiro atoms. The number of amides is 1. The first-order valence-corrected chi connectivity index (χ1v) is 10.3. The minimum atomic E-state index is -5.06. The number of para-hydroxylation sites is 1. The summed E-state index contributed by atoms with van der Waals surface area (Å²) in [6.45, 7) is 0. The predicted molar refractivity (Wildman–Crippen MR) is 115 cm³/mol. The second-order valence-corrected chi connectivity index (χ2v) is 8.44. The van der Waals surface area contributed by atoms with E-state index in [1.54, 1.807) is 25.2 Å². The lowest BCUT2D eigenvalue weighted by molar-refractivity contribution is -0.247. The van der Waals surface area contributed by atoms with Gasteiger partial charge in [-0.2, -0.15) is 23.0 Å². The molecule has 1 atom stereocenters. The maximum absolute atomic E-state index is 14.4. The Labute approximate surface area is 190 Å². The van der Waals surface area contributed by atoms with Crippen molar-refractivity contribution in [2.45, 2.75) is 30.2 Å². The molecule has 2 aromatic carbocycles. The molecule has 1 fully saturated rings. The van der Waals surface area contributed by atoms with Crippen LogP contribution in [0.15, 0.2) is 54.9 Å². The Bertz CT molecular complexity index is 1470. The Morgan fingerprint density at radius 3 is 2.50 bits per heavy atom. The van der Waals surface area contributed by atoms with Gasteiger partial charge in [0, 0.05) is 47.9 Å². The van der Waals surface area contributed by atoms with Gasteiger partial charge in [0.15, 0.2) is 5.60 Å². The zero-order valence-corrected chi connectivity index (χ0v) is 17.8. The molecule has 1 unspecified atom stereocenters. The second-order valence-electron chi connectivity index (χ2n) is 8.44. The Hall–Kier alpha value is -3.86. The number of hydrogen-bond donors (Lipinski definition) is 2. The number of alkyl halides is 3. The number of hydrogen-bond acceptors (Lipinski definition) is 5. The van der Waals surface area contributed by atoms with Crippen LogP contribution in [-0.4, -0.2) is 43.2 Å². The van der Waals surface area contributed by atoms with Crippen LogP contribution in [-0.2, 0) is 22.2 Å². The van der Waals surface area contributed by atoms with Crippen LogP contribution < -0.4 is 5.73 Å². The third-order valence-electron chi connectivity index (χ3n) is 6.29. The average Bonchev–Trinajstić information content (AvgIpc) is 3.32. The average molecular weight is 472 g/mol. The van der Waals surface area contributed by atoms with E-state index in [1.165, 1.54) is 29.1 Å². The Morgan fingerprint density at radius 2 is 1.85 bits per heavy atom. The molecule has 1 saturated carbocycles. The van der Waals surface area contributed by atoms with E-state index in [-0.39, 0.29) is 21.9 Å². The number of aryl methyl sites for hydroxylation is 1. The van der Waals surface area contributed by atoms with Gasteiger partial charge in [-0.3, -0.25) is 4.79 Å². The van der Waals surface area contributed by atoms with Crippen LogP contribution in [0.3, 0.4) is 0 Å². The molecule has 8 nitrogen and oxygen atoms in total. The van der Waals surface area contributed by atoms with Crippen LogP contribution in [0.25, 0.3) is 21.8 Å². The molecule has 1 aliphatic rings. The van der Waals surface area contributed by atoms with E-state index in [0.29, 0.717) is 18.4 Å². The van der Waals surface area contributed by atoms with E-state index < -0.39 is 34.9 Å². The third-order valence-corrected chi connectivity index (χ3v) is 6.29. The number of fused-ring (bicyclic) bond motifs is 2. The van der Waals surface area contributed by atoms with E-state index in [9.17, 15) is 27.9 Å². The fourth-order valence-electron chi connectivity index (χ4n) is 4.23. The van der Waals surface area contributed by atoms with Crippen LogP contribution in [0.5, 0.6) is 0 Å². The van der Waals surface area contributed by atoms with Gasteiger partial charge in [0.1, 0.15) is 0 Å². The number of rotatable bonds is 4. The molecule has 0 bridgehead atoms. The number of primary amides is 1. The standard InChI is InChI=1S/C23H19F3N4O4/c1-29-12-16(15-4-2-3-5-18(15)29)22(33,23(24,25)26)14-6-7-17-13(10-14)11-28-30(17)20(32)34-21(8-9-21)19(27)31/h2-7,10-12,33H,8-9H2,1H3,(H2,27,31). The summed E-state index contributed by atoms with van der Waals surface area (Å²) < 4.78 is 50.8. The monoisotopic (exact) mass is 472 g/mol. The normalized spacial score (nSPS) is 17.0. The summed E-state index contributed by atoms with van der Waals surface area (Å²) >= 11 is 0. The molecular weight excluding hydrogens is 453 g/mol. The lowest BCUT2D eigenvalue weighted by Crippen LogP contribution is -2.43. The first kappa shape index (κ1) is 22.0. The molecule has 34 heavy (non-hydrogen) atoms. The van der Waals surface area contributed by atoms with Crippen molar-refractivity contribution in [3.63, 3.8) is 0 Å². The number of carbonyl (C=O) groups is 2. The van der Waals surface area contributed by atoms with Gasteiger partial charge in [-0.15, -0.1) is 0 Å². The summed E-state index contributed by atoms with van der Waals surface area (Å²) in [5.74, 6) is -0.773. The van der Waals surface area contributed by atoms with E-state index in [0.717, 1.165) is 16.8 Å². The van der Waals surface area contributed by atoms with Gasteiger partial charge in [-0.25, -0.2) is 4.79 Å². The lowest BCUT2D eigenvalue weighted by Gasteiger charge is -2.31. The molecule has 176 valence electrons. The van der Waals surface area contributed by atoms with Gasteiger partial charge in [-0.05, 0) is 23.8 Å². The van der Waals surface area contributed by atoms with E-state index in [2.05, 4.69) is 5.10 Å². The second kappa shape index (κ2) is 7.07. The van der Waals surface area contributed by atoms with Crippen molar-refractivity contribution in [1.82, 2.24) is 14.3 Å². The van der Waals surface area contributed by atoms with Gasteiger partial charge in [0.05, 0.1) is 11.7 Å². The molecular formula is C23H19F3N4O4. The molecule has 11 heteroatoms. The van der Waals surface area contributed by atoms with Crippen LogP contribution in [0, 0.1) is 0 Å². The molecule has 2 aromatic heterocycles. The Kier molecular flexibility index (Phi) is 4.56. The van der Waals surface area contributed by atoms with Gasteiger partial charge < -0.3 is 20.1 Å². The molecule has 0 saturated heterocycles. The first-order valence-electron chi connectivity index (χ1n) is 10.3. The summed E-state index contributed by atoms with van der Waals surface area (Å²) in [6.07, 6.45) is -3.01. The zero-order chi connectivity index (χ0) is 24.5. The summed E-state index contributed by atoms with van der Waals surface area (Å²) in [5.41, 5.74) is 0.493. The lowest BCUT2D eigenvalue weighted by atomic mass is 9.85. The van der Waals surface area contributed by atoms with Crippen LogP contribution in [0.2, 0.25) is 0 Å². The van der Waals surface area contributed by atoms with Crippen molar-refractivity contribution < 1.29 is 32.6 Å². The highest BCUT2D eigenvalue weighted by molar-refractivity contribution is 5.92. The van der Waals surface area contributed by atoms with Gasteiger partial charge in [-0.1, -0.05) is 24.3 Å². The zero-order valence-electron chi connectivity index (χ0n) is 17.8. The molecule has 2 heterocycles. The highest BCUT2D eigenvalue weighted by atomic mass is 19.4. The highest BCUT2D eigenvalue weighted by Gasteiger charge is 2.57. The number of ether oxygens (including phenoxy) is 1. The molecule has 1 amide bonds. The third kappa shape index (κ3) is 3.07. The highest BCUT2D eigenvalue weighted by Crippen LogP contribution is 2.47. The molecule has 0 aliphatic heterocycles. The van der Waals surface area contributed by atoms with E-state index >= 15 is 0 Å². The summed E-state index contributed by atoms with van der Waals surface area (Å²) in [6, 6.07) is 9.92. The number of carbonyl (C=O) groups excluding carboxylic acids is 2. The maximum atomic E-state index is 14.4. The smallest absolute Gasteiger partial charge is 0.431 e. The molecule has 3 N–H and O–H groups in total. The molecule has 4 aromatic rings. The minimum absolute atomic E-state index is 0.150. The quantitative estimate of drug-likeness (QED) is 0.473. The van der Waals surface area contributed by atoms with Crippen molar-refractivity contribution in [3.05, 3.63) is 66.0 Å². The van der Waals surface area contributed by atoms with Gasteiger partial charge in [0.25, 0.3) is 5.91 Å². The van der Waals surface area contributed by atoms with Crippen molar-refractivity contribution in [2.24, 2.45) is 12.8 Å². The fourth-order valence-corrected chi connectivity index (χ4v) is 4.23. The van der Waals surface area contributed by atoms with Gasteiger partial charge >= 0.3 is 12.3 Å². The van der Waals surface area contributed by atoms with Gasteiger partial charge in [0.2, 0.25) is 5.60 Å². The number of nitrogens with two attached hydrogens (primary N) is 1. The SMILES string of the molecule is Cn1cc(C(O)(c2ccc3c(cnn3C(=O)OC3(C(N)=O)CC3)c2)C(F)(F)F)c2ccccc21. The minimum Gasteiger partial charge on any atom is -0.431 e. The number of halogens is 3. The molecule has 5 rings (SSSR count). The topological polar surface area (TPSA) is 112 Å². The van der Waals surface area contributed by atoms with E-state index in [4.69, 9.17) is 10.5 Å². The fraction of sp³-hybridized carbons (Fsp3) is 0.261. The van der Waals surface area contributed by atoms with Crippen LogP contribution >= 0.6 is 0 Å². The maximum Gasteiger partial charge on any atom is 0.436 e. The number of nitrogens with zero attached hydrogens (tertiary/aromatic N) is 3. The predicted octanol–water partition coefficient (Wildman–Crippen LogP) is 3.33. The summed E-state index contributed by atoms with van der Waals surface area (Å²) in [4.78, 5) is 24.0. The molecule has 1 aliphatic carbocycles. The van der Waals surface area contributed by atoms with Crippen molar-refractivity contribution in [3.8, 4) is 0 Å². The molecule has 0 radical (unpaired) electrons. The largest absolute Gasteiger partial charge is 0.436 e. The summed E-state index contributed by atoms with van der Waals surface area (Å²) in [5, 5.41) is 15.5. The number of aliphatic hydroxyl groups is 1. The Balaban J connectivity index is 1.61.